The summed E-state index contributed by atoms with van der Waals surface area (Å²) in [6.45, 7) is 6.65. The Morgan fingerprint density at radius 1 is 1.35 bits per heavy atom. The molecule has 1 aliphatic heterocycles. The monoisotopic (exact) mass is 234 g/mol. The van der Waals surface area contributed by atoms with Crippen LogP contribution in [0.25, 0.3) is 0 Å². The molecule has 3 aliphatic rings. The number of rotatable bonds is 0. The van der Waals surface area contributed by atoms with E-state index in [1.807, 2.05) is 6.92 Å². The fourth-order valence-electron chi connectivity index (χ4n) is 4.29. The fourth-order valence-corrected chi connectivity index (χ4v) is 4.29. The van der Waals surface area contributed by atoms with Crippen LogP contribution in [0.4, 0.5) is 0 Å². The average Bonchev–Trinajstić information content (AvgIpc) is 2.54. The minimum atomic E-state index is 0.0233. The summed E-state index contributed by atoms with van der Waals surface area (Å²) in [5.41, 5.74) is 3.29. The van der Waals surface area contributed by atoms with Gasteiger partial charge in [-0.05, 0) is 50.0 Å². The van der Waals surface area contributed by atoms with E-state index in [4.69, 9.17) is 4.74 Å². The van der Waals surface area contributed by atoms with Crippen molar-refractivity contribution >= 4 is 5.97 Å². The molecule has 94 valence electrons. The van der Waals surface area contributed by atoms with Gasteiger partial charge in [-0.3, -0.25) is 4.79 Å². The van der Waals surface area contributed by atoms with Gasteiger partial charge in [0.25, 0.3) is 0 Å². The van der Waals surface area contributed by atoms with Gasteiger partial charge >= 0.3 is 5.97 Å². The first-order valence-corrected chi connectivity index (χ1v) is 6.93. The molecule has 0 radical (unpaired) electrons. The fraction of sp³-hybridized carbons (Fsp3) is 0.800. The molecule has 2 aliphatic carbocycles. The summed E-state index contributed by atoms with van der Waals surface area (Å²) in [6.07, 6.45) is 6.27. The van der Waals surface area contributed by atoms with Crippen LogP contribution >= 0.6 is 0 Å². The van der Waals surface area contributed by atoms with Crippen LogP contribution in [-0.2, 0) is 9.53 Å². The number of ether oxygens (including phenoxy) is 1. The molecule has 1 saturated carbocycles. The SMILES string of the molecule is CC1=C2C3OC(=O)C(C)C3CCC2(C)CCC1. The molecule has 1 heterocycles. The number of carbonyl (C=O) groups excluding carboxylic acids is 1. The highest BCUT2D eigenvalue weighted by Gasteiger charge is 2.52. The molecular formula is C15H22O2. The maximum atomic E-state index is 11.8. The zero-order valence-electron chi connectivity index (χ0n) is 11.1. The van der Waals surface area contributed by atoms with E-state index < -0.39 is 0 Å². The van der Waals surface area contributed by atoms with Crippen molar-refractivity contribution in [2.45, 2.75) is 59.0 Å². The summed E-state index contributed by atoms with van der Waals surface area (Å²) >= 11 is 0. The lowest BCUT2D eigenvalue weighted by Gasteiger charge is -2.46. The third-order valence-corrected chi connectivity index (χ3v) is 5.35. The molecule has 2 nitrogen and oxygen atoms in total. The van der Waals surface area contributed by atoms with Crippen molar-refractivity contribution in [1.82, 2.24) is 0 Å². The van der Waals surface area contributed by atoms with Crippen LogP contribution in [0.3, 0.4) is 0 Å². The van der Waals surface area contributed by atoms with E-state index in [-0.39, 0.29) is 18.0 Å². The molecule has 4 unspecified atom stereocenters. The van der Waals surface area contributed by atoms with Gasteiger partial charge in [0.2, 0.25) is 0 Å². The molecule has 4 atom stereocenters. The second-order valence-corrected chi connectivity index (χ2v) is 6.46. The second-order valence-electron chi connectivity index (χ2n) is 6.46. The van der Waals surface area contributed by atoms with Crippen molar-refractivity contribution in [3.05, 3.63) is 11.1 Å². The van der Waals surface area contributed by atoms with Crippen molar-refractivity contribution in [3.63, 3.8) is 0 Å². The van der Waals surface area contributed by atoms with Crippen LogP contribution in [0.5, 0.6) is 0 Å². The maximum absolute atomic E-state index is 11.8. The lowest BCUT2D eigenvalue weighted by Crippen LogP contribution is -2.40. The first-order valence-electron chi connectivity index (χ1n) is 6.93. The lowest BCUT2D eigenvalue weighted by molar-refractivity contribution is -0.143. The molecular weight excluding hydrogens is 212 g/mol. The third-order valence-electron chi connectivity index (χ3n) is 5.35. The summed E-state index contributed by atoms with van der Waals surface area (Å²) in [7, 11) is 0. The van der Waals surface area contributed by atoms with Crippen LogP contribution in [0, 0.1) is 17.3 Å². The van der Waals surface area contributed by atoms with Gasteiger partial charge in [0.15, 0.2) is 0 Å². The highest BCUT2D eigenvalue weighted by Crippen LogP contribution is 2.55. The molecule has 1 saturated heterocycles. The Morgan fingerprint density at radius 3 is 2.88 bits per heavy atom. The summed E-state index contributed by atoms with van der Waals surface area (Å²) < 4.78 is 5.69. The Kier molecular flexibility index (Phi) is 2.39. The van der Waals surface area contributed by atoms with Gasteiger partial charge in [-0.25, -0.2) is 0 Å². The summed E-state index contributed by atoms with van der Waals surface area (Å²) in [5.74, 6) is 0.570. The van der Waals surface area contributed by atoms with Crippen molar-refractivity contribution in [2.24, 2.45) is 17.3 Å². The molecule has 2 heteroatoms. The molecule has 0 N–H and O–H groups in total. The van der Waals surface area contributed by atoms with Gasteiger partial charge in [0, 0.05) is 5.92 Å². The predicted octanol–water partition coefficient (Wildman–Crippen LogP) is 3.46. The maximum Gasteiger partial charge on any atom is 0.309 e. The standard InChI is InChI=1S/C15H22O2/c1-9-5-4-7-15(3)8-6-11-10(2)14(16)17-13(11)12(9)15/h10-11,13H,4-8H2,1-3H3. The quantitative estimate of drug-likeness (QED) is 0.474. The van der Waals surface area contributed by atoms with E-state index in [0.717, 1.165) is 6.42 Å². The van der Waals surface area contributed by atoms with Crippen LogP contribution in [-0.4, -0.2) is 12.1 Å². The lowest BCUT2D eigenvalue weighted by atomic mass is 9.59. The van der Waals surface area contributed by atoms with Crippen LogP contribution in [0.15, 0.2) is 11.1 Å². The molecule has 0 aromatic rings. The van der Waals surface area contributed by atoms with Gasteiger partial charge < -0.3 is 4.74 Å². The minimum Gasteiger partial charge on any atom is -0.457 e. The summed E-state index contributed by atoms with van der Waals surface area (Å²) in [5, 5.41) is 0. The predicted molar refractivity (Wildman–Crippen MR) is 66.4 cm³/mol. The van der Waals surface area contributed by atoms with E-state index in [0.29, 0.717) is 11.3 Å². The van der Waals surface area contributed by atoms with Gasteiger partial charge in [0.1, 0.15) is 6.10 Å². The molecule has 0 spiro atoms. The van der Waals surface area contributed by atoms with Crippen LogP contribution < -0.4 is 0 Å². The topological polar surface area (TPSA) is 26.3 Å². The van der Waals surface area contributed by atoms with Gasteiger partial charge in [-0.1, -0.05) is 19.4 Å². The van der Waals surface area contributed by atoms with Gasteiger partial charge in [-0.2, -0.15) is 0 Å². The molecule has 2 fully saturated rings. The highest BCUT2D eigenvalue weighted by atomic mass is 16.6. The molecule has 0 aromatic heterocycles. The number of esters is 1. The van der Waals surface area contributed by atoms with E-state index in [1.165, 1.54) is 36.8 Å². The Balaban J connectivity index is 2.03. The second kappa shape index (κ2) is 3.60. The Labute approximate surface area is 103 Å². The largest absolute Gasteiger partial charge is 0.457 e. The Hall–Kier alpha value is -0.790. The summed E-state index contributed by atoms with van der Waals surface area (Å²) in [6, 6.07) is 0. The number of fused-ring (bicyclic) bond motifs is 3. The van der Waals surface area contributed by atoms with Crippen molar-refractivity contribution < 1.29 is 9.53 Å². The molecule has 17 heavy (non-hydrogen) atoms. The van der Waals surface area contributed by atoms with E-state index in [1.54, 1.807) is 0 Å². The Morgan fingerprint density at radius 2 is 2.12 bits per heavy atom. The molecule has 0 amide bonds. The Bertz CT molecular complexity index is 396. The smallest absolute Gasteiger partial charge is 0.309 e. The number of allylic oxidation sites excluding steroid dienone is 1. The minimum absolute atomic E-state index is 0.0233. The zero-order chi connectivity index (χ0) is 12.2. The average molecular weight is 234 g/mol. The molecule has 0 bridgehead atoms. The van der Waals surface area contributed by atoms with Gasteiger partial charge in [-0.15, -0.1) is 0 Å². The van der Waals surface area contributed by atoms with Crippen LogP contribution in [0.1, 0.15) is 52.9 Å². The van der Waals surface area contributed by atoms with Crippen LogP contribution in [0.2, 0.25) is 0 Å². The third kappa shape index (κ3) is 1.49. The van der Waals surface area contributed by atoms with E-state index in [9.17, 15) is 4.79 Å². The van der Waals surface area contributed by atoms with Crippen molar-refractivity contribution in [2.75, 3.05) is 0 Å². The van der Waals surface area contributed by atoms with E-state index in [2.05, 4.69) is 13.8 Å². The van der Waals surface area contributed by atoms with Crippen molar-refractivity contribution in [1.29, 1.82) is 0 Å². The molecule has 3 rings (SSSR count). The van der Waals surface area contributed by atoms with E-state index >= 15 is 0 Å². The highest BCUT2D eigenvalue weighted by molar-refractivity contribution is 5.75. The molecule has 0 aromatic carbocycles. The number of hydrogen-bond donors (Lipinski definition) is 0. The number of hydrogen-bond acceptors (Lipinski definition) is 2. The first kappa shape index (κ1) is 11.3. The first-order chi connectivity index (χ1) is 8.03. The summed E-state index contributed by atoms with van der Waals surface area (Å²) in [4.78, 5) is 11.8. The normalized spacial score (nSPS) is 45.4. The number of carbonyl (C=O) groups is 1. The zero-order valence-corrected chi connectivity index (χ0v) is 11.1. The van der Waals surface area contributed by atoms with Gasteiger partial charge in [0.05, 0.1) is 5.92 Å². The van der Waals surface area contributed by atoms with Crippen molar-refractivity contribution in [3.8, 4) is 0 Å².